The van der Waals surface area contributed by atoms with Crippen molar-refractivity contribution in [1.82, 2.24) is 15.2 Å². The van der Waals surface area contributed by atoms with Gasteiger partial charge in [0.25, 0.3) is 11.8 Å². The number of nitrogen functional groups attached to an aromatic ring is 1. The summed E-state index contributed by atoms with van der Waals surface area (Å²) in [5, 5.41) is 7.89. The summed E-state index contributed by atoms with van der Waals surface area (Å²) < 4.78 is 10.1. The molecule has 2 aliphatic rings. The molecule has 1 aromatic rings. The van der Waals surface area contributed by atoms with E-state index in [1.165, 1.54) is 16.7 Å². The normalized spacial score (nSPS) is 20.2. The standard InChI is InChI=1S/C26H37N5O7S2/c1-4-6-8-10-12-38-30-20(17-14-39-26(27)28-17)22(33)29-21-23(34)31-18(13-16(3)40-24(21)31)25(35)37-15-36-19(32)11-9-7-5-2/h13-14,16,21,24H,4-12,15H2,1-3H3,(H2,27,28)(H,29,33)/b30-20+. The van der Waals surface area contributed by atoms with E-state index in [1.54, 1.807) is 11.5 Å². The Balaban J connectivity index is 1.60. The number of ether oxygens (including phenoxy) is 2. The minimum atomic E-state index is -0.904. The first-order chi connectivity index (χ1) is 19.3. The number of carbonyl (C=O) groups excluding carboxylic acids is 4. The molecule has 1 fully saturated rings. The number of hydrogen-bond donors (Lipinski definition) is 2. The smallest absolute Gasteiger partial charge is 0.357 e. The van der Waals surface area contributed by atoms with Crippen LogP contribution in [0.25, 0.3) is 0 Å². The second-order valence-electron chi connectivity index (χ2n) is 9.37. The summed E-state index contributed by atoms with van der Waals surface area (Å²) in [7, 11) is 0. The largest absolute Gasteiger partial charge is 0.428 e. The molecule has 2 aliphatic heterocycles. The summed E-state index contributed by atoms with van der Waals surface area (Å²) in [5.74, 6) is -2.35. The summed E-state index contributed by atoms with van der Waals surface area (Å²) in [6.45, 7) is 5.80. The Bertz CT molecular complexity index is 1120. The third-order valence-electron chi connectivity index (χ3n) is 6.16. The van der Waals surface area contributed by atoms with Gasteiger partial charge < -0.3 is 25.4 Å². The van der Waals surface area contributed by atoms with Crippen LogP contribution >= 0.6 is 23.1 Å². The Morgan fingerprint density at radius 3 is 2.58 bits per heavy atom. The number of nitrogens with two attached hydrogens (primary N) is 1. The number of anilines is 1. The van der Waals surface area contributed by atoms with Crippen LogP contribution in [-0.2, 0) is 33.5 Å². The van der Waals surface area contributed by atoms with Gasteiger partial charge in [0.2, 0.25) is 6.79 Å². The number of oxime groups is 1. The van der Waals surface area contributed by atoms with Gasteiger partial charge in [0.1, 0.15) is 29.4 Å². The third kappa shape index (κ3) is 8.43. The lowest BCUT2D eigenvalue weighted by Crippen LogP contribution is -2.71. The Labute approximate surface area is 242 Å². The Morgan fingerprint density at radius 2 is 1.88 bits per heavy atom. The Hall–Kier alpha value is -3.13. The molecule has 14 heteroatoms. The molecule has 220 valence electrons. The molecule has 3 rings (SSSR count). The van der Waals surface area contributed by atoms with E-state index >= 15 is 0 Å². The lowest BCUT2D eigenvalue weighted by molar-refractivity contribution is -0.168. The van der Waals surface area contributed by atoms with Crippen molar-refractivity contribution in [2.75, 3.05) is 19.1 Å². The second-order valence-corrected chi connectivity index (χ2v) is 11.8. The van der Waals surface area contributed by atoms with Gasteiger partial charge >= 0.3 is 11.9 Å². The van der Waals surface area contributed by atoms with Crippen molar-refractivity contribution < 1.29 is 33.5 Å². The van der Waals surface area contributed by atoms with Crippen molar-refractivity contribution in [3.63, 3.8) is 0 Å². The van der Waals surface area contributed by atoms with Gasteiger partial charge in [-0.15, -0.1) is 23.1 Å². The molecule has 0 radical (unpaired) electrons. The molecule has 0 saturated carbocycles. The van der Waals surface area contributed by atoms with E-state index in [0.717, 1.165) is 49.9 Å². The van der Waals surface area contributed by atoms with Crippen molar-refractivity contribution in [3.05, 3.63) is 22.8 Å². The molecule has 12 nitrogen and oxygen atoms in total. The van der Waals surface area contributed by atoms with Crippen LogP contribution in [0.5, 0.6) is 0 Å². The van der Waals surface area contributed by atoms with Gasteiger partial charge in [-0.2, -0.15) is 0 Å². The number of nitrogens with zero attached hydrogens (tertiary/aromatic N) is 3. The molecule has 0 spiro atoms. The highest BCUT2D eigenvalue weighted by molar-refractivity contribution is 8.00. The first-order valence-electron chi connectivity index (χ1n) is 13.5. The van der Waals surface area contributed by atoms with Gasteiger partial charge in [0.05, 0.1) is 0 Å². The number of thiazole rings is 1. The number of β-lactam (4-membered cyclic amide) rings is 1. The van der Waals surface area contributed by atoms with E-state index in [0.29, 0.717) is 13.0 Å². The molecular weight excluding hydrogens is 558 g/mol. The summed E-state index contributed by atoms with van der Waals surface area (Å²) in [6, 6.07) is -0.904. The van der Waals surface area contributed by atoms with Crippen LogP contribution < -0.4 is 11.1 Å². The van der Waals surface area contributed by atoms with Crippen LogP contribution in [0.3, 0.4) is 0 Å². The second kappa shape index (κ2) is 15.6. The van der Waals surface area contributed by atoms with Gasteiger partial charge in [-0.3, -0.25) is 19.3 Å². The zero-order valence-corrected chi connectivity index (χ0v) is 24.7. The minimum absolute atomic E-state index is 0.0466. The van der Waals surface area contributed by atoms with Crippen molar-refractivity contribution in [1.29, 1.82) is 0 Å². The monoisotopic (exact) mass is 595 g/mol. The molecule has 0 aromatic carbocycles. The molecule has 40 heavy (non-hydrogen) atoms. The van der Waals surface area contributed by atoms with Gasteiger partial charge in [-0.05, 0) is 32.3 Å². The third-order valence-corrected chi connectivity index (χ3v) is 8.17. The maximum absolute atomic E-state index is 13.2. The van der Waals surface area contributed by atoms with E-state index < -0.39 is 42.0 Å². The van der Waals surface area contributed by atoms with Crippen molar-refractivity contribution in [2.45, 2.75) is 88.8 Å². The van der Waals surface area contributed by atoms with Crippen LogP contribution in [0.1, 0.15) is 77.8 Å². The fourth-order valence-corrected chi connectivity index (χ4v) is 5.92. The molecule has 1 aromatic heterocycles. The fourth-order valence-electron chi connectivity index (χ4n) is 4.05. The topological polar surface area (TPSA) is 163 Å². The molecule has 0 bridgehead atoms. The van der Waals surface area contributed by atoms with Crippen molar-refractivity contribution >= 4 is 57.7 Å². The first-order valence-corrected chi connectivity index (χ1v) is 15.3. The number of fused-ring (bicyclic) bond motifs is 1. The van der Waals surface area contributed by atoms with Crippen LogP contribution in [-0.4, -0.2) is 69.4 Å². The number of amides is 2. The van der Waals surface area contributed by atoms with Gasteiger partial charge in [0, 0.05) is 17.1 Å². The molecule has 1 saturated heterocycles. The highest BCUT2D eigenvalue weighted by atomic mass is 32.2. The number of rotatable bonds is 16. The highest BCUT2D eigenvalue weighted by Gasteiger charge is 2.54. The van der Waals surface area contributed by atoms with Gasteiger partial charge in [-0.1, -0.05) is 44.7 Å². The number of esters is 2. The van der Waals surface area contributed by atoms with E-state index in [4.69, 9.17) is 20.0 Å². The van der Waals surface area contributed by atoms with E-state index in [9.17, 15) is 19.2 Å². The van der Waals surface area contributed by atoms with E-state index in [2.05, 4.69) is 22.4 Å². The average molecular weight is 596 g/mol. The van der Waals surface area contributed by atoms with Crippen LogP contribution in [0.2, 0.25) is 0 Å². The van der Waals surface area contributed by atoms with Crippen molar-refractivity contribution in [2.24, 2.45) is 5.16 Å². The SMILES string of the molecule is CCCCCCO/N=C(/C(=O)NC1C(=O)N2C(C(=O)OCOC(=O)CCCCC)=CC(C)SC12)c1csc(N)n1. The average Bonchev–Trinajstić information content (AvgIpc) is 3.36. The first kappa shape index (κ1) is 31.4. The quantitative estimate of drug-likeness (QED) is 0.0724. The summed E-state index contributed by atoms with van der Waals surface area (Å²) in [6.07, 6.45) is 8.38. The molecule has 0 aliphatic carbocycles. The Morgan fingerprint density at radius 1 is 1.12 bits per heavy atom. The lowest BCUT2D eigenvalue weighted by atomic mass is 10.0. The molecule has 3 heterocycles. The molecular formula is C26H37N5O7S2. The number of hydrogen-bond acceptors (Lipinski definition) is 12. The number of carbonyl (C=O) groups is 4. The predicted molar refractivity (Wildman–Crippen MR) is 152 cm³/mol. The Kier molecular flexibility index (Phi) is 12.2. The van der Waals surface area contributed by atoms with Gasteiger partial charge in [0.15, 0.2) is 10.8 Å². The molecule has 3 unspecified atom stereocenters. The van der Waals surface area contributed by atoms with Crippen molar-refractivity contribution in [3.8, 4) is 0 Å². The molecule has 3 atom stereocenters. The zero-order chi connectivity index (χ0) is 29.1. The van der Waals surface area contributed by atoms with E-state index in [1.807, 2.05) is 13.8 Å². The summed E-state index contributed by atoms with van der Waals surface area (Å²) >= 11 is 2.56. The minimum Gasteiger partial charge on any atom is -0.428 e. The number of thioether (sulfide) groups is 1. The van der Waals surface area contributed by atoms with Crippen LogP contribution in [0.4, 0.5) is 5.13 Å². The maximum atomic E-state index is 13.2. The zero-order valence-electron chi connectivity index (χ0n) is 23.1. The van der Waals surface area contributed by atoms with E-state index in [-0.39, 0.29) is 33.9 Å². The number of nitrogens with one attached hydrogen (secondary N) is 1. The molecule has 2 amide bonds. The number of unbranched alkanes of at least 4 members (excludes halogenated alkanes) is 5. The maximum Gasteiger partial charge on any atom is 0.357 e. The fraction of sp³-hybridized carbons (Fsp3) is 0.615. The van der Waals surface area contributed by atoms with Crippen LogP contribution in [0.15, 0.2) is 22.3 Å². The molecule has 3 N–H and O–H groups in total. The summed E-state index contributed by atoms with van der Waals surface area (Å²) in [5.41, 5.74) is 5.96. The summed E-state index contributed by atoms with van der Waals surface area (Å²) in [4.78, 5) is 61.6. The van der Waals surface area contributed by atoms with Crippen LogP contribution in [0, 0.1) is 0 Å². The predicted octanol–water partition coefficient (Wildman–Crippen LogP) is 3.32. The van der Waals surface area contributed by atoms with Gasteiger partial charge in [-0.25, -0.2) is 9.78 Å². The number of aromatic nitrogens is 1. The highest BCUT2D eigenvalue weighted by Crippen LogP contribution is 2.41. The lowest BCUT2D eigenvalue weighted by Gasteiger charge is -2.49.